The molecule has 8 heteroatoms. The molecular formula is C15H15N5O3. The van der Waals surface area contributed by atoms with Crippen LogP contribution in [0.5, 0.6) is 0 Å². The van der Waals surface area contributed by atoms with Crippen molar-refractivity contribution in [1.29, 1.82) is 0 Å². The Balaban J connectivity index is 1.93. The lowest BCUT2D eigenvalue weighted by Gasteiger charge is -2.29. The second-order valence-corrected chi connectivity index (χ2v) is 6.19. The molecule has 0 radical (unpaired) electrons. The smallest absolute Gasteiger partial charge is 0.262 e. The fraction of sp³-hybridized carbons (Fsp3) is 0.267. The summed E-state index contributed by atoms with van der Waals surface area (Å²) in [6.45, 7) is 5.35. The van der Waals surface area contributed by atoms with Gasteiger partial charge in [0.25, 0.3) is 17.7 Å². The highest BCUT2D eigenvalue weighted by Gasteiger charge is 2.42. The molecule has 2 N–H and O–H groups in total. The quantitative estimate of drug-likeness (QED) is 0.816. The van der Waals surface area contributed by atoms with Crippen molar-refractivity contribution in [2.75, 3.05) is 5.32 Å². The molecule has 8 nitrogen and oxygen atoms in total. The average Bonchev–Trinajstić information content (AvgIpc) is 3.05. The number of carbonyl (C=O) groups is 3. The number of imide groups is 1. The molecule has 2 aromatic rings. The highest BCUT2D eigenvalue weighted by Crippen LogP contribution is 2.29. The third-order valence-corrected chi connectivity index (χ3v) is 3.48. The summed E-state index contributed by atoms with van der Waals surface area (Å²) in [5.74, 6) is -0.903. The van der Waals surface area contributed by atoms with E-state index in [0.29, 0.717) is 5.56 Å². The van der Waals surface area contributed by atoms with Crippen LogP contribution in [-0.2, 0) is 0 Å². The number of hydrogen-bond donors (Lipinski definition) is 2. The maximum Gasteiger partial charge on any atom is 0.262 e. The number of amides is 3. The molecule has 0 saturated carbocycles. The Morgan fingerprint density at radius 2 is 1.87 bits per heavy atom. The van der Waals surface area contributed by atoms with Gasteiger partial charge in [-0.05, 0) is 39.0 Å². The summed E-state index contributed by atoms with van der Waals surface area (Å²) in [5, 5.41) is 12.2. The second-order valence-electron chi connectivity index (χ2n) is 6.19. The van der Waals surface area contributed by atoms with E-state index in [2.05, 4.69) is 20.7 Å². The van der Waals surface area contributed by atoms with Gasteiger partial charge in [-0.1, -0.05) is 0 Å². The van der Waals surface area contributed by atoms with Crippen LogP contribution in [0.25, 0.3) is 0 Å². The maximum atomic E-state index is 12.5. The van der Waals surface area contributed by atoms with E-state index < -0.39 is 17.4 Å². The van der Waals surface area contributed by atoms with E-state index in [1.54, 1.807) is 20.8 Å². The number of anilines is 1. The van der Waals surface area contributed by atoms with E-state index in [1.807, 2.05) is 0 Å². The van der Waals surface area contributed by atoms with E-state index in [0.717, 1.165) is 0 Å². The molecule has 1 aliphatic rings. The van der Waals surface area contributed by atoms with Gasteiger partial charge in [0.1, 0.15) is 0 Å². The molecule has 1 aromatic carbocycles. The van der Waals surface area contributed by atoms with Crippen LogP contribution in [-0.4, -0.2) is 43.6 Å². The first kappa shape index (κ1) is 14.9. The first-order chi connectivity index (χ1) is 10.8. The molecule has 3 rings (SSSR count). The minimum absolute atomic E-state index is 0.234. The first-order valence-electron chi connectivity index (χ1n) is 6.99. The van der Waals surface area contributed by atoms with E-state index in [-0.39, 0.29) is 22.9 Å². The van der Waals surface area contributed by atoms with Crippen molar-refractivity contribution < 1.29 is 14.4 Å². The fourth-order valence-corrected chi connectivity index (χ4v) is 2.44. The van der Waals surface area contributed by atoms with Crippen molar-refractivity contribution in [3.63, 3.8) is 0 Å². The van der Waals surface area contributed by atoms with Gasteiger partial charge in [-0.3, -0.25) is 19.3 Å². The lowest BCUT2D eigenvalue weighted by Crippen LogP contribution is -2.45. The molecule has 3 amide bonds. The predicted octanol–water partition coefficient (Wildman–Crippen LogP) is 1.45. The van der Waals surface area contributed by atoms with Crippen LogP contribution in [0.3, 0.4) is 0 Å². The number of fused-ring (bicyclic) bond motifs is 1. The van der Waals surface area contributed by atoms with Crippen molar-refractivity contribution in [2.24, 2.45) is 0 Å². The molecule has 1 aliphatic heterocycles. The number of carbonyl (C=O) groups excluding carboxylic acids is 3. The van der Waals surface area contributed by atoms with E-state index in [4.69, 9.17) is 0 Å². The summed E-state index contributed by atoms with van der Waals surface area (Å²) < 4.78 is 0. The number of aromatic nitrogens is 3. The minimum atomic E-state index is -0.629. The minimum Gasteiger partial charge on any atom is -0.304 e. The zero-order chi connectivity index (χ0) is 16.8. The average molecular weight is 313 g/mol. The van der Waals surface area contributed by atoms with E-state index in [1.165, 1.54) is 29.3 Å². The van der Waals surface area contributed by atoms with Gasteiger partial charge in [0, 0.05) is 11.1 Å². The number of rotatable bonds is 2. The van der Waals surface area contributed by atoms with Crippen LogP contribution in [0.15, 0.2) is 24.4 Å². The van der Waals surface area contributed by atoms with Gasteiger partial charge in [-0.15, -0.1) is 5.10 Å². The second kappa shape index (κ2) is 5.01. The van der Waals surface area contributed by atoms with Gasteiger partial charge in [-0.25, -0.2) is 0 Å². The number of nitrogens with zero attached hydrogens (tertiary/aromatic N) is 3. The molecule has 0 aliphatic carbocycles. The molecule has 0 atom stereocenters. The van der Waals surface area contributed by atoms with Gasteiger partial charge < -0.3 is 5.32 Å². The zero-order valence-corrected chi connectivity index (χ0v) is 12.9. The standard InChI is InChI=1S/C15H15N5O3/c1-15(2,3)20-13(22)9-5-4-8(6-10(9)14(20)23)12(21)17-11-7-16-19-18-11/h4-7H,1-3H3,(H2,16,17,18,19,21). The monoisotopic (exact) mass is 313 g/mol. The molecule has 1 aromatic heterocycles. The van der Waals surface area contributed by atoms with E-state index >= 15 is 0 Å². The fourth-order valence-electron chi connectivity index (χ4n) is 2.44. The number of aromatic amines is 1. The van der Waals surface area contributed by atoms with Gasteiger partial charge in [0.05, 0.1) is 17.3 Å². The van der Waals surface area contributed by atoms with Gasteiger partial charge >= 0.3 is 0 Å². The summed E-state index contributed by atoms with van der Waals surface area (Å²) in [7, 11) is 0. The van der Waals surface area contributed by atoms with Crippen molar-refractivity contribution in [1.82, 2.24) is 20.3 Å². The van der Waals surface area contributed by atoms with Crippen molar-refractivity contribution in [3.8, 4) is 0 Å². The van der Waals surface area contributed by atoms with Gasteiger partial charge in [0.2, 0.25) is 0 Å². The summed E-state index contributed by atoms with van der Waals surface area (Å²) in [6, 6.07) is 4.43. The van der Waals surface area contributed by atoms with Crippen LogP contribution in [0.2, 0.25) is 0 Å². The van der Waals surface area contributed by atoms with E-state index in [9.17, 15) is 14.4 Å². The summed E-state index contributed by atoms with van der Waals surface area (Å²) in [6.07, 6.45) is 1.36. The van der Waals surface area contributed by atoms with Gasteiger partial charge in [0.15, 0.2) is 5.82 Å². The SMILES string of the molecule is CC(C)(C)N1C(=O)c2ccc(C(=O)Nc3cn[nH]n3)cc2C1=O. The van der Waals surface area contributed by atoms with Gasteiger partial charge in [-0.2, -0.15) is 10.3 Å². The van der Waals surface area contributed by atoms with Crippen LogP contribution in [0.4, 0.5) is 5.82 Å². The molecular weight excluding hydrogens is 298 g/mol. The highest BCUT2D eigenvalue weighted by atomic mass is 16.2. The number of nitrogens with one attached hydrogen (secondary N) is 2. The van der Waals surface area contributed by atoms with Crippen LogP contribution in [0, 0.1) is 0 Å². The molecule has 0 bridgehead atoms. The molecule has 0 spiro atoms. The lowest BCUT2D eigenvalue weighted by molar-refractivity contribution is 0.0507. The highest BCUT2D eigenvalue weighted by molar-refractivity contribution is 6.22. The number of benzene rings is 1. The number of hydrogen-bond acceptors (Lipinski definition) is 5. The molecule has 2 heterocycles. The molecule has 118 valence electrons. The van der Waals surface area contributed by atoms with Crippen molar-refractivity contribution in [3.05, 3.63) is 41.1 Å². The maximum absolute atomic E-state index is 12.5. The molecule has 0 saturated heterocycles. The Kier molecular flexibility index (Phi) is 3.24. The summed E-state index contributed by atoms with van der Waals surface area (Å²) in [5.41, 5.74) is 0.181. The largest absolute Gasteiger partial charge is 0.304 e. The van der Waals surface area contributed by atoms with Crippen LogP contribution < -0.4 is 5.32 Å². The van der Waals surface area contributed by atoms with Crippen molar-refractivity contribution in [2.45, 2.75) is 26.3 Å². The third-order valence-electron chi connectivity index (χ3n) is 3.48. The summed E-state index contributed by atoms with van der Waals surface area (Å²) >= 11 is 0. The molecule has 0 fully saturated rings. The molecule has 0 unspecified atom stereocenters. The molecule has 23 heavy (non-hydrogen) atoms. The summed E-state index contributed by atoms with van der Waals surface area (Å²) in [4.78, 5) is 38.2. The van der Waals surface area contributed by atoms with Crippen LogP contribution >= 0.6 is 0 Å². The lowest BCUT2D eigenvalue weighted by atomic mass is 10.1. The first-order valence-corrected chi connectivity index (χ1v) is 6.99. The normalized spacial score (nSPS) is 14.1. The Bertz CT molecular complexity index is 805. The topological polar surface area (TPSA) is 108 Å². The Labute approximate surface area is 131 Å². The Morgan fingerprint density at radius 1 is 1.17 bits per heavy atom. The third kappa shape index (κ3) is 2.48. The van der Waals surface area contributed by atoms with Crippen LogP contribution in [0.1, 0.15) is 51.8 Å². The Morgan fingerprint density at radius 3 is 2.48 bits per heavy atom. The van der Waals surface area contributed by atoms with Crippen molar-refractivity contribution >= 4 is 23.5 Å². The predicted molar refractivity (Wildman–Crippen MR) is 81.0 cm³/mol. The Hall–Kier alpha value is -3.03. The number of H-pyrrole nitrogens is 1. The zero-order valence-electron chi connectivity index (χ0n) is 12.9.